The van der Waals surface area contributed by atoms with Crippen molar-refractivity contribution in [3.05, 3.63) is 99.0 Å². The molecule has 2 aromatic carbocycles. The number of aromatic carboxylic acids is 1. The van der Waals surface area contributed by atoms with Gasteiger partial charge in [-0.1, -0.05) is 54.3 Å². The number of carbonyl (C=O) groups is 2. The molecule has 1 N–H and O–H groups in total. The number of para-hydroxylation sites is 1. The number of aromatic nitrogens is 2. The van der Waals surface area contributed by atoms with Gasteiger partial charge in [-0.3, -0.25) is 19.2 Å². The van der Waals surface area contributed by atoms with E-state index in [1.807, 2.05) is 30.3 Å². The number of carbonyl (C=O) groups excluding carboxylic acids is 1. The van der Waals surface area contributed by atoms with Gasteiger partial charge >= 0.3 is 5.97 Å². The van der Waals surface area contributed by atoms with E-state index < -0.39 is 11.9 Å². The van der Waals surface area contributed by atoms with E-state index in [0.29, 0.717) is 33.4 Å². The number of carboxylic acids is 1. The van der Waals surface area contributed by atoms with Gasteiger partial charge in [0.2, 0.25) is 0 Å². The van der Waals surface area contributed by atoms with Gasteiger partial charge in [0, 0.05) is 18.7 Å². The van der Waals surface area contributed by atoms with E-state index in [4.69, 9.17) is 21.7 Å². The molecule has 8 nitrogen and oxygen atoms in total. The molecule has 0 atom stereocenters. The van der Waals surface area contributed by atoms with Crippen molar-refractivity contribution in [2.45, 2.75) is 6.92 Å². The fourth-order valence-corrected chi connectivity index (χ4v) is 5.21. The predicted octanol–water partition coefficient (Wildman–Crippen LogP) is 4.85. The Morgan fingerprint density at radius 1 is 1.03 bits per heavy atom. The van der Waals surface area contributed by atoms with Crippen molar-refractivity contribution in [3.63, 3.8) is 0 Å². The van der Waals surface area contributed by atoms with E-state index in [-0.39, 0.29) is 21.1 Å². The van der Waals surface area contributed by atoms with Gasteiger partial charge in [0.1, 0.15) is 17.2 Å². The number of rotatable bonds is 5. The Bertz CT molecular complexity index is 1610. The second-order valence-electron chi connectivity index (χ2n) is 8.01. The highest BCUT2D eigenvalue weighted by molar-refractivity contribution is 8.27. The standard InChI is InChI=1S/C26H19N3O5S2/c1-15-22(24(31)29(27(15)2)18-6-4-3-5-7-18)28-23(30)21(36-26(28)35)14-19-12-13-20(34-19)16-8-10-17(11-9-16)25(32)33/h3-14H,1-2H3,(H,32,33)/b21-14-. The largest absolute Gasteiger partial charge is 0.478 e. The van der Waals surface area contributed by atoms with Gasteiger partial charge in [-0.2, -0.15) is 0 Å². The Kier molecular flexibility index (Phi) is 5.99. The summed E-state index contributed by atoms with van der Waals surface area (Å²) in [7, 11) is 1.76. The smallest absolute Gasteiger partial charge is 0.335 e. The molecule has 1 aliphatic rings. The quantitative estimate of drug-likeness (QED) is 0.299. The van der Waals surface area contributed by atoms with Crippen LogP contribution in [0.5, 0.6) is 0 Å². The van der Waals surface area contributed by atoms with Crippen LogP contribution in [0.1, 0.15) is 21.8 Å². The van der Waals surface area contributed by atoms with Crippen molar-refractivity contribution in [2.75, 3.05) is 4.90 Å². The number of thiocarbonyl (C=S) groups is 1. The number of carboxylic acid groups (broad SMARTS) is 1. The number of amides is 1. The molecular formula is C26H19N3O5S2. The lowest BCUT2D eigenvalue weighted by Gasteiger charge is -2.12. The number of anilines is 1. The second kappa shape index (κ2) is 9.14. The van der Waals surface area contributed by atoms with Gasteiger partial charge in [-0.15, -0.1) is 0 Å². The summed E-state index contributed by atoms with van der Waals surface area (Å²) in [6.45, 7) is 1.77. The Morgan fingerprint density at radius 2 is 1.72 bits per heavy atom. The summed E-state index contributed by atoms with van der Waals surface area (Å²) in [6.07, 6.45) is 1.59. The van der Waals surface area contributed by atoms with Gasteiger partial charge in [0.15, 0.2) is 4.32 Å². The number of hydrogen-bond acceptors (Lipinski definition) is 6. The minimum absolute atomic E-state index is 0.178. The first kappa shape index (κ1) is 23.6. The molecular weight excluding hydrogens is 498 g/mol. The zero-order chi connectivity index (χ0) is 25.6. The molecule has 1 saturated heterocycles. The third-order valence-corrected chi connectivity index (χ3v) is 7.16. The summed E-state index contributed by atoms with van der Waals surface area (Å²) < 4.78 is 9.32. The molecule has 0 unspecified atom stereocenters. The molecule has 36 heavy (non-hydrogen) atoms. The number of hydrogen-bond donors (Lipinski definition) is 1. The summed E-state index contributed by atoms with van der Waals surface area (Å²) in [5, 5.41) is 9.07. The highest BCUT2D eigenvalue weighted by Gasteiger charge is 2.38. The Morgan fingerprint density at radius 3 is 2.39 bits per heavy atom. The molecule has 3 heterocycles. The van der Waals surface area contributed by atoms with E-state index in [0.717, 1.165) is 11.8 Å². The molecule has 1 amide bonds. The molecule has 2 aromatic heterocycles. The number of benzene rings is 2. The van der Waals surface area contributed by atoms with Crippen LogP contribution < -0.4 is 10.5 Å². The average molecular weight is 518 g/mol. The fraction of sp³-hybridized carbons (Fsp3) is 0.0769. The Labute approximate surface area is 215 Å². The molecule has 4 aromatic rings. The lowest BCUT2D eigenvalue weighted by atomic mass is 10.1. The van der Waals surface area contributed by atoms with Crippen molar-refractivity contribution >= 4 is 51.9 Å². The van der Waals surface area contributed by atoms with E-state index in [9.17, 15) is 14.4 Å². The average Bonchev–Trinajstić information content (AvgIpc) is 3.50. The molecule has 0 aliphatic carbocycles. The Balaban J connectivity index is 1.46. The molecule has 1 fully saturated rings. The Hall–Kier alpha value is -4.15. The van der Waals surface area contributed by atoms with Crippen LogP contribution in [0.3, 0.4) is 0 Å². The highest BCUT2D eigenvalue weighted by Crippen LogP contribution is 2.37. The molecule has 180 valence electrons. The van der Waals surface area contributed by atoms with Crippen molar-refractivity contribution in [1.82, 2.24) is 9.36 Å². The lowest BCUT2D eigenvalue weighted by molar-refractivity contribution is -0.113. The first-order valence-corrected chi connectivity index (χ1v) is 12.0. The van der Waals surface area contributed by atoms with E-state index in [2.05, 4.69) is 0 Å². The summed E-state index contributed by atoms with van der Waals surface area (Å²) in [5.74, 6) is -0.453. The zero-order valence-electron chi connectivity index (χ0n) is 19.2. The molecule has 10 heteroatoms. The monoisotopic (exact) mass is 517 g/mol. The number of furan rings is 1. The maximum absolute atomic E-state index is 13.4. The fourth-order valence-electron chi connectivity index (χ4n) is 3.96. The van der Waals surface area contributed by atoms with Crippen molar-refractivity contribution in [1.29, 1.82) is 0 Å². The maximum atomic E-state index is 13.4. The summed E-state index contributed by atoms with van der Waals surface area (Å²) >= 11 is 6.58. The van der Waals surface area contributed by atoms with Crippen LogP contribution in [0.4, 0.5) is 5.69 Å². The predicted molar refractivity (Wildman–Crippen MR) is 143 cm³/mol. The van der Waals surface area contributed by atoms with Gasteiger partial charge in [-0.25, -0.2) is 9.48 Å². The van der Waals surface area contributed by atoms with Crippen LogP contribution in [0.15, 0.2) is 80.8 Å². The minimum Gasteiger partial charge on any atom is -0.478 e. The van der Waals surface area contributed by atoms with Gasteiger partial charge in [0.25, 0.3) is 11.5 Å². The lowest BCUT2D eigenvalue weighted by Crippen LogP contribution is -2.33. The van der Waals surface area contributed by atoms with Crippen LogP contribution in [0.2, 0.25) is 0 Å². The first-order chi connectivity index (χ1) is 17.3. The SMILES string of the molecule is Cc1c(N2C(=O)/C(=C/c3ccc(-c4ccc(C(=O)O)cc4)o3)SC2=S)c(=O)n(-c2ccccc2)n1C. The van der Waals surface area contributed by atoms with E-state index in [1.165, 1.54) is 21.7 Å². The summed E-state index contributed by atoms with van der Waals surface area (Å²) in [4.78, 5) is 39.4. The molecule has 5 rings (SSSR count). The van der Waals surface area contributed by atoms with E-state index in [1.54, 1.807) is 49.0 Å². The second-order valence-corrected chi connectivity index (χ2v) is 9.69. The third kappa shape index (κ3) is 4.00. The maximum Gasteiger partial charge on any atom is 0.335 e. The molecule has 0 saturated carbocycles. The van der Waals surface area contributed by atoms with Gasteiger partial charge in [0.05, 0.1) is 21.8 Å². The van der Waals surface area contributed by atoms with Crippen LogP contribution in [-0.2, 0) is 11.8 Å². The van der Waals surface area contributed by atoms with Crippen molar-refractivity contribution in [3.8, 4) is 17.0 Å². The van der Waals surface area contributed by atoms with Gasteiger partial charge < -0.3 is 9.52 Å². The molecule has 0 radical (unpaired) electrons. The summed E-state index contributed by atoms with van der Waals surface area (Å²) in [6, 6.07) is 18.9. The van der Waals surface area contributed by atoms with Crippen molar-refractivity contribution in [2.24, 2.45) is 7.05 Å². The van der Waals surface area contributed by atoms with Gasteiger partial charge in [-0.05, 0) is 43.3 Å². The van der Waals surface area contributed by atoms with Crippen LogP contribution >= 0.6 is 24.0 Å². The first-order valence-electron chi connectivity index (χ1n) is 10.8. The molecule has 0 spiro atoms. The number of nitrogens with zero attached hydrogens (tertiary/aromatic N) is 3. The number of thioether (sulfide) groups is 1. The third-order valence-electron chi connectivity index (χ3n) is 5.86. The van der Waals surface area contributed by atoms with Crippen molar-refractivity contribution < 1.29 is 19.1 Å². The van der Waals surface area contributed by atoms with Crippen LogP contribution in [0, 0.1) is 6.92 Å². The highest BCUT2D eigenvalue weighted by atomic mass is 32.2. The normalized spacial score (nSPS) is 14.7. The van der Waals surface area contributed by atoms with Crippen LogP contribution in [0.25, 0.3) is 23.1 Å². The summed E-state index contributed by atoms with van der Waals surface area (Å²) in [5.41, 5.74) is 2.03. The topological polar surface area (TPSA) is 97.7 Å². The zero-order valence-corrected chi connectivity index (χ0v) is 20.8. The van der Waals surface area contributed by atoms with Crippen LogP contribution in [-0.4, -0.2) is 30.7 Å². The minimum atomic E-state index is -1.01. The molecule has 0 bridgehead atoms. The molecule has 1 aliphatic heterocycles. The van der Waals surface area contributed by atoms with E-state index >= 15 is 0 Å².